The molecule has 0 fully saturated rings. The number of nitriles is 1. The topological polar surface area (TPSA) is 67.4 Å². The van der Waals surface area contributed by atoms with Gasteiger partial charge in [-0.25, -0.2) is 15.0 Å². The van der Waals surface area contributed by atoms with Crippen LogP contribution < -0.4 is 20.7 Å². The smallest absolute Gasteiger partial charge is 0.179 e. The van der Waals surface area contributed by atoms with Crippen LogP contribution in [-0.4, -0.2) is 27.6 Å². The van der Waals surface area contributed by atoms with Gasteiger partial charge in [-0.1, -0.05) is 206 Å². The molecule has 11 rings (SSSR count). The third kappa shape index (κ3) is 6.69. The third-order valence-corrected chi connectivity index (χ3v) is 17.0. The summed E-state index contributed by atoms with van der Waals surface area (Å²) in [5, 5.41) is 17.3. The van der Waals surface area contributed by atoms with Crippen LogP contribution in [0.3, 0.4) is 0 Å². The molecule has 2 heterocycles. The number of para-hydroxylation sites is 1. The molecule has 5 nitrogen and oxygen atoms in total. The van der Waals surface area contributed by atoms with Gasteiger partial charge in [-0.05, 0) is 56.6 Å². The van der Waals surface area contributed by atoms with Gasteiger partial charge in [0, 0.05) is 33.0 Å². The Morgan fingerprint density at radius 3 is 1.39 bits per heavy atom. The number of fused-ring (bicyclic) bond motifs is 3. The number of hydrogen-bond donors (Lipinski definition) is 0. The summed E-state index contributed by atoms with van der Waals surface area (Å²) >= 11 is 0. The van der Waals surface area contributed by atoms with E-state index in [-0.39, 0.29) is 0 Å². The lowest BCUT2D eigenvalue weighted by Crippen LogP contribution is -2.74. The van der Waals surface area contributed by atoms with Gasteiger partial charge in [0.1, 0.15) is 0 Å². The molecular weight excluding hydrogens is 795 g/mol. The second kappa shape index (κ2) is 16.4. The first kappa shape index (κ1) is 38.4. The van der Waals surface area contributed by atoms with Crippen molar-refractivity contribution in [2.75, 3.05) is 0 Å². The van der Waals surface area contributed by atoms with E-state index >= 15 is 0 Å². The Morgan fingerprint density at radius 2 is 0.828 bits per heavy atom. The minimum Gasteiger partial charge on any atom is -0.309 e. The average molecular weight is 834 g/mol. The minimum atomic E-state index is -2.85. The molecule has 0 saturated carbocycles. The lowest BCUT2D eigenvalue weighted by Gasteiger charge is -2.34. The van der Waals surface area contributed by atoms with E-state index in [1.54, 1.807) is 0 Å². The fraction of sp³-hybridized carbons (Fsp3) is 0. The van der Waals surface area contributed by atoms with Crippen LogP contribution in [-0.2, 0) is 0 Å². The van der Waals surface area contributed by atoms with Crippen LogP contribution in [0.25, 0.3) is 72.8 Å². The van der Waals surface area contributed by atoms with Crippen molar-refractivity contribution in [3.63, 3.8) is 0 Å². The van der Waals surface area contributed by atoms with E-state index in [0.717, 1.165) is 55.3 Å². The van der Waals surface area contributed by atoms with Crippen LogP contribution in [0.4, 0.5) is 0 Å². The summed E-state index contributed by atoms with van der Waals surface area (Å²) in [4.78, 5) is 15.3. The maximum Gasteiger partial charge on any atom is 0.179 e. The highest BCUT2D eigenvalue weighted by Crippen LogP contribution is 2.38. The fourth-order valence-electron chi connectivity index (χ4n) is 9.32. The molecule has 0 unspecified atom stereocenters. The van der Waals surface area contributed by atoms with Crippen LogP contribution in [0.1, 0.15) is 5.56 Å². The van der Waals surface area contributed by atoms with Crippen LogP contribution in [0.15, 0.2) is 237 Å². The molecule has 0 spiro atoms. The molecule has 0 aliphatic rings. The monoisotopic (exact) mass is 833 g/mol. The lowest BCUT2D eigenvalue weighted by atomic mass is 10.0. The van der Waals surface area contributed by atoms with Crippen LogP contribution in [0.5, 0.6) is 0 Å². The number of nitrogens with zero attached hydrogens (tertiary/aromatic N) is 5. The summed E-state index contributed by atoms with van der Waals surface area (Å²) in [5.41, 5.74) is 8.45. The molecule has 0 radical (unpaired) electrons. The zero-order chi connectivity index (χ0) is 42.9. The lowest BCUT2D eigenvalue weighted by molar-refractivity contribution is 1.07. The summed E-state index contributed by atoms with van der Waals surface area (Å²) in [7, 11) is -2.85. The minimum absolute atomic E-state index is 0.574. The van der Waals surface area contributed by atoms with Crippen LogP contribution in [0, 0.1) is 11.3 Å². The molecule has 0 amide bonds. The Bertz CT molecular complexity index is 3340. The highest BCUT2D eigenvalue weighted by atomic mass is 28.3. The Morgan fingerprint density at radius 1 is 0.359 bits per heavy atom. The van der Waals surface area contributed by atoms with Gasteiger partial charge in [0.2, 0.25) is 0 Å². The molecule has 0 bridgehead atoms. The van der Waals surface area contributed by atoms with E-state index in [9.17, 15) is 5.26 Å². The zero-order valence-electron chi connectivity index (χ0n) is 34.8. The second-order valence-electron chi connectivity index (χ2n) is 15.9. The molecule has 300 valence electrons. The van der Waals surface area contributed by atoms with Gasteiger partial charge in [-0.2, -0.15) is 5.26 Å². The summed E-state index contributed by atoms with van der Waals surface area (Å²) in [5.74, 6) is 1.78. The predicted octanol–water partition coefficient (Wildman–Crippen LogP) is 10.9. The van der Waals surface area contributed by atoms with Crippen molar-refractivity contribution >= 4 is 50.6 Å². The molecule has 0 N–H and O–H groups in total. The molecule has 0 aliphatic carbocycles. The molecule has 0 aliphatic heterocycles. The maximum absolute atomic E-state index is 10.0. The molecule has 9 aromatic carbocycles. The zero-order valence-corrected chi connectivity index (χ0v) is 35.8. The Balaban J connectivity index is 1.20. The summed E-state index contributed by atoms with van der Waals surface area (Å²) in [6.45, 7) is 0. The highest BCUT2D eigenvalue weighted by molar-refractivity contribution is 7.19. The Labute approximate surface area is 372 Å². The normalized spacial score (nSPS) is 11.4. The largest absolute Gasteiger partial charge is 0.309 e. The maximum atomic E-state index is 10.0. The second-order valence-corrected chi connectivity index (χ2v) is 19.7. The predicted molar refractivity (Wildman–Crippen MR) is 264 cm³/mol. The van der Waals surface area contributed by atoms with E-state index in [0.29, 0.717) is 23.0 Å². The summed E-state index contributed by atoms with van der Waals surface area (Å²) in [6.07, 6.45) is 0. The van der Waals surface area contributed by atoms with Crippen molar-refractivity contribution in [1.82, 2.24) is 19.5 Å². The first-order valence-corrected chi connectivity index (χ1v) is 23.4. The van der Waals surface area contributed by atoms with Gasteiger partial charge in [-0.3, -0.25) is 0 Å². The Kier molecular flexibility index (Phi) is 9.85. The first-order valence-electron chi connectivity index (χ1n) is 21.4. The number of hydrogen-bond acceptors (Lipinski definition) is 4. The van der Waals surface area contributed by atoms with E-state index < -0.39 is 8.07 Å². The molecule has 64 heavy (non-hydrogen) atoms. The molecule has 6 heteroatoms. The van der Waals surface area contributed by atoms with E-state index in [1.165, 1.54) is 20.7 Å². The van der Waals surface area contributed by atoms with Crippen molar-refractivity contribution in [3.8, 4) is 57.0 Å². The van der Waals surface area contributed by atoms with Gasteiger partial charge in [0.15, 0.2) is 25.5 Å². The van der Waals surface area contributed by atoms with Gasteiger partial charge in [0.25, 0.3) is 0 Å². The van der Waals surface area contributed by atoms with Crippen LogP contribution >= 0.6 is 0 Å². The van der Waals surface area contributed by atoms with Crippen molar-refractivity contribution in [2.45, 2.75) is 0 Å². The van der Waals surface area contributed by atoms with Gasteiger partial charge in [-0.15, -0.1) is 0 Å². The Hall–Kier alpha value is -8.50. The quantitative estimate of drug-likeness (QED) is 0.107. The number of rotatable bonds is 9. The van der Waals surface area contributed by atoms with Crippen LogP contribution in [0.2, 0.25) is 0 Å². The molecule has 0 saturated heterocycles. The summed E-state index contributed by atoms with van der Waals surface area (Å²) in [6, 6.07) is 85.8. The van der Waals surface area contributed by atoms with Gasteiger partial charge in [0.05, 0.1) is 28.4 Å². The fourth-order valence-corrected chi connectivity index (χ4v) is 14.1. The van der Waals surface area contributed by atoms with Gasteiger partial charge < -0.3 is 4.57 Å². The van der Waals surface area contributed by atoms with Crippen molar-refractivity contribution in [3.05, 3.63) is 242 Å². The molecular formula is C58H39N5Si. The first-order chi connectivity index (χ1) is 31.7. The number of aromatic nitrogens is 4. The van der Waals surface area contributed by atoms with Crippen molar-refractivity contribution < 1.29 is 0 Å². The SMILES string of the molecule is N#Cc1ccc2c(c1)c1ccccc1n2-c1cc(-c2nc(-c3ccccc3)nc(-c3ccccc3)n2)ccc1-c1cccc([Si](c2ccccc2)(c2ccccc2)c2ccccc2)c1. The third-order valence-electron chi connectivity index (χ3n) is 12.2. The molecule has 0 atom stereocenters. The number of benzene rings is 9. The van der Waals surface area contributed by atoms with Gasteiger partial charge >= 0.3 is 0 Å². The molecule has 2 aromatic heterocycles. The highest BCUT2D eigenvalue weighted by Gasteiger charge is 2.41. The molecule has 11 aromatic rings. The van der Waals surface area contributed by atoms with E-state index in [1.807, 2.05) is 72.8 Å². The van der Waals surface area contributed by atoms with E-state index in [4.69, 9.17) is 15.0 Å². The summed E-state index contributed by atoms with van der Waals surface area (Å²) < 4.78 is 2.34. The average Bonchev–Trinajstić information content (AvgIpc) is 3.71. The standard InChI is InChI=1S/C58H39N5Si/c59-40-41-33-36-54-52(37-41)51-31-16-17-32-53(51)63(54)55-39-45(58-61-56(42-19-6-1-7-20-42)60-57(62-58)43-21-8-2-9-22-43)34-35-50(55)44-23-18-30-49(38-44)64(46-24-10-3-11-25-46,47-26-12-4-13-27-47)48-28-14-5-15-29-48/h1-39H. The van der Waals surface area contributed by atoms with E-state index in [2.05, 4.69) is 174 Å². The van der Waals surface area contributed by atoms with Crippen molar-refractivity contribution in [2.24, 2.45) is 0 Å². The van der Waals surface area contributed by atoms with Crippen molar-refractivity contribution in [1.29, 1.82) is 5.26 Å².